The molecule has 12 heavy (non-hydrogen) atoms. The molecule has 0 spiro atoms. The van der Waals surface area contributed by atoms with Crippen LogP contribution in [0.15, 0.2) is 28.7 Å². The zero-order chi connectivity index (χ0) is 8.55. The Morgan fingerprint density at radius 2 is 2.25 bits per heavy atom. The normalized spacial score (nSPS) is 10.8. The Labute approximate surface area is 83.4 Å². The molecule has 1 aromatic carbocycles. The number of furan rings is 1. The van der Waals surface area contributed by atoms with Crippen molar-refractivity contribution in [1.29, 1.82) is 0 Å². The maximum absolute atomic E-state index is 5.95. The lowest BCUT2D eigenvalue weighted by molar-refractivity contribution is 0.575. The molecule has 0 saturated heterocycles. The van der Waals surface area contributed by atoms with E-state index < -0.39 is 0 Å². The van der Waals surface area contributed by atoms with Gasteiger partial charge in [0.1, 0.15) is 11.3 Å². The number of hydrogen-bond acceptors (Lipinski definition) is 1. The first kappa shape index (κ1) is 8.14. The van der Waals surface area contributed by atoms with Crippen molar-refractivity contribution in [3.8, 4) is 0 Å². The predicted molar refractivity (Wildman–Crippen MR) is 53.9 cm³/mol. The van der Waals surface area contributed by atoms with Crippen LogP contribution in [-0.2, 0) is 5.33 Å². The molecule has 62 valence electrons. The Kier molecular flexibility index (Phi) is 2.11. The molecule has 0 aliphatic rings. The van der Waals surface area contributed by atoms with Gasteiger partial charge in [0.25, 0.3) is 0 Å². The molecule has 3 heteroatoms. The lowest BCUT2D eigenvalue weighted by Crippen LogP contribution is -1.64. The largest absolute Gasteiger partial charge is 0.460 e. The van der Waals surface area contributed by atoms with Gasteiger partial charge in [0, 0.05) is 5.39 Å². The first-order valence-corrected chi connectivity index (χ1v) is 5.04. The summed E-state index contributed by atoms with van der Waals surface area (Å²) in [5.74, 6) is 0.901. The van der Waals surface area contributed by atoms with E-state index in [4.69, 9.17) is 16.0 Å². The highest BCUT2D eigenvalue weighted by Gasteiger charge is 2.04. The molecule has 1 heterocycles. The molecule has 0 atom stereocenters. The van der Waals surface area contributed by atoms with Crippen molar-refractivity contribution >= 4 is 38.5 Å². The second-order valence-electron chi connectivity index (χ2n) is 2.50. The van der Waals surface area contributed by atoms with E-state index in [9.17, 15) is 0 Å². The minimum Gasteiger partial charge on any atom is -0.460 e. The zero-order valence-corrected chi connectivity index (χ0v) is 8.52. The van der Waals surface area contributed by atoms with Gasteiger partial charge in [-0.2, -0.15) is 0 Å². The van der Waals surface area contributed by atoms with Crippen molar-refractivity contribution in [2.75, 3.05) is 0 Å². The Morgan fingerprint density at radius 3 is 2.92 bits per heavy atom. The van der Waals surface area contributed by atoms with Crippen molar-refractivity contribution in [1.82, 2.24) is 0 Å². The van der Waals surface area contributed by atoms with Crippen LogP contribution in [0.1, 0.15) is 5.76 Å². The highest BCUT2D eigenvalue weighted by atomic mass is 79.9. The van der Waals surface area contributed by atoms with Gasteiger partial charge in [0.15, 0.2) is 0 Å². The van der Waals surface area contributed by atoms with E-state index >= 15 is 0 Å². The maximum Gasteiger partial charge on any atom is 0.135 e. The molecule has 0 radical (unpaired) electrons. The fraction of sp³-hybridized carbons (Fsp3) is 0.111. The summed E-state index contributed by atoms with van der Waals surface area (Å²) in [5, 5.41) is 2.44. The number of hydrogen-bond donors (Lipinski definition) is 0. The highest BCUT2D eigenvalue weighted by Crippen LogP contribution is 2.27. The second kappa shape index (κ2) is 3.11. The summed E-state index contributed by atoms with van der Waals surface area (Å²) < 4.78 is 5.47. The molecule has 0 amide bonds. The topological polar surface area (TPSA) is 13.1 Å². The van der Waals surface area contributed by atoms with E-state index in [1.165, 1.54) is 0 Å². The number of halogens is 2. The first-order chi connectivity index (χ1) is 5.81. The van der Waals surface area contributed by atoms with Gasteiger partial charge >= 0.3 is 0 Å². The van der Waals surface area contributed by atoms with Crippen LogP contribution in [0.5, 0.6) is 0 Å². The van der Waals surface area contributed by atoms with Crippen LogP contribution < -0.4 is 0 Å². The number of benzene rings is 1. The van der Waals surface area contributed by atoms with Gasteiger partial charge in [-0.3, -0.25) is 0 Å². The molecule has 0 saturated carbocycles. The molecule has 1 nitrogen and oxygen atoms in total. The molecule has 0 N–H and O–H groups in total. The van der Waals surface area contributed by atoms with E-state index in [0.717, 1.165) is 27.1 Å². The molecule has 0 bridgehead atoms. The monoisotopic (exact) mass is 244 g/mol. The van der Waals surface area contributed by atoms with E-state index in [0.29, 0.717) is 0 Å². The van der Waals surface area contributed by atoms with Gasteiger partial charge in [-0.25, -0.2) is 0 Å². The average molecular weight is 246 g/mol. The number of alkyl halides is 1. The minimum absolute atomic E-state index is 0.720. The Bertz CT molecular complexity index is 408. The summed E-state index contributed by atoms with van der Waals surface area (Å²) in [5.41, 5.74) is 0.844. The van der Waals surface area contributed by atoms with Gasteiger partial charge in [-0.05, 0) is 18.2 Å². The van der Waals surface area contributed by atoms with Crippen molar-refractivity contribution in [3.63, 3.8) is 0 Å². The Hall–Kier alpha value is -0.470. The van der Waals surface area contributed by atoms with Gasteiger partial charge in [0.05, 0.1) is 10.4 Å². The molecule has 0 aliphatic heterocycles. The molecule has 1 aromatic heterocycles. The van der Waals surface area contributed by atoms with E-state index in [1.807, 2.05) is 24.3 Å². The van der Waals surface area contributed by atoms with Crippen LogP contribution in [-0.4, -0.2) is 0 Å². The summed E-state index contributed by atoms with van der Waals surface area (Å²) >= 11 is 9.28. The van der Waals surface area contributed by atoms with Gasteiger partial charge < -0.3 is 4.42 Å². The molecule has 2 aromatic rings. The third kappa shape index (κ3) is 1.25. The first-order valence-electron chi connectivity index (χ1n) is 3.54. The molecule has 2 rings (SSSR count). The summed E-state index contributed by atoms with van der Waals surface area (Å²) in [6.07, 6.45) is 0. The third-order valence-electron chi connectivity index (χ3n) is 1.69. The van der Waals surface area contributed by atoms with Crippen LogP contribution >= 0.6 is 27.5 Å². The van der Waals surface area contributed by atoms with Gasteiger partial charge in [-0.1, -0.05) is 33.6 Å². The van der Waals surface area contributed by atoms with E-state index in [1.54, 1.807) is 0 Å². The zero-order valence-electron chi connectivity index (χ0n) is 6.18. The van der Waals surface area contributed by atoms with Gasteiger partial charge in [0.2, 0.25) is 0 Å². The van der Waals surface area contributed by atoms with Gasteiger partial charge in [-0.15, -0.1) is 0 Å². The number of fused-ring (bicyclic) bond motifs is 1. The van der Waals surface area contributed by atoms with Crippen LogP contribution in [0.3, 0.4) is 0 Å². The SMILES string of the molecule is Clc1cccc2oc(CBr)cc12. The second-order valence-corrected chi connectivity index (χ2v) is 3.47. The van der Waals surface area contributed by atoms with Crippen molar-refractivity contribution in [2.45, 2.75) is 5.33 Å². The highest BCUT2D eigenvalue weighted by molar-refractivity contribution is 9.08. The van der Waals surface area contributed by atoms with E-state index in [2.05, 4.69) is 15.9 Å². The predicted octanol–water partition coefficient (Wildman–Crippen LogP) is 3.98. The lowest BCUT2D eigenvalue weighted by Gasteiger charge is -1.88. The maximum atomic E-state index is 5.95. The summed E-state index contributed by atoms with van der Waals surface area (Å²) in [6, 6.07) is 7.60. The molecular formula is C9H6BrClO. The van der Waals surface area contributed by atoms with E-state index in [-0.39, 0.29) is 0 Å². The van der Waals surface area contributed by atoms with Crippen molar-refractivity contribution in [2.24, 2.45) is 0 Å². The standard InChI is InChI=1S/C9H6BrClO/c10-5-6-4-7-8(11)2-1-3-9(7)12-6/h1-4H,5H2. The van der Waals surface area contributed by atoms with Crippen molar-refractivity contribution < 1.29 is 4.42 Å². The summed E-state index contributed by atoms with van der Waals surface area (Å²) in [6.45, 7) is 0. The number of rotatable bonds is 1. The Balaban J connectivity index is 2.74. The summed E-state index contributed by atoms with van der Waals surface area (Å²) in [4.78, 5) is 0. The van der Waals surface area contributed by atoms with Crippen LogP contribution in [0, 0.1) is 0 Å². The summed E-state index contributed by atoms with van der Waals surface area (Å²) in [7, 11) is 0. The molecule has 0 fully saturated rings. The fourth-order valence-electron chi connectivity index (χ4n) is 1.14. The van der Waals surface area contributed by atoms with Crippen LogP contribution in [0.25, 0.3) is 11.0 Å². The van der Waals surface area contributed by atoms with Crippen LogP contribution in [0.2, 0.25) is 5.02 Å². The van der Waals surface area contributed by atoms with Crippen molar-refractivity contribution in [3.05, 3.63) is 35.0 Å². The molecular weight excluding hydrogens is 239 g/mol. The third-order valence-corrected chi connectivity index (χ3v) is 2.57. The average Bonchev–Trinajstić information content (AvgIpc) is 2.49. The minimum atomic E-state index is 0.720. The molecule has 0 unspecified atom stereocenters. The quantitative estimate of drug-likeness (QED) is 0.693. The smallest absolute Gasteiger partial charge is 0.135 e. The Morgan fingerprint density at radius 1 is 1.42 bits per heavy atom. The molecule has 0 aliphatic carbocycles. The lowest BCUT2D eigenvalue weighted by atomic mass is 10.2. The fourth-order valence-corrected chi connectivity index (χ4v) is 1.64. The van der Waals surface area contributed by atoms with Crippen LogP contribution in [0.4, 0.5) is 0 Å².